The number of hydrogen-bond acceptors (Lipinski definition) is 8. The third-order valence-corrected chi connectivity index (χ3v) is 6.62. The number of aryl methyl sites for hydroxylation is 1. The highest BCUT2D eigenvalue weighted by Gasteiger charge is 2.32. The fourth-order valence-electron chi connectivity index (χ4n) is 4.75. The van der Waals surface area contributed by atoms with E-state index in [1.165, 1.54) is 12.1 Å². The molecule has 0 unspecified atom stereocenters. The summed E-state index contributed by atoms with van der Waals surface area (Å²) in [5.41, 5.74) is 11.0. The molecule has 1 aromatic heterocycles. The zero-order valence-electron chi connectivity index (χ0n) is 19.9. The second-order valence-electron chi connectivity index (χ2n) is 9.05. The number of benzene rings is 2. The molecule has 2 aromatic carbocycles. The average Bonchev–Trinajstić information content (AvgIpc) is 3.12. The van der Waals surface area contributed by atoms with Crippen LogP contribution in [0.3, 0.4) is 0 Å². The molecule has 3 aliphatic rings. The first kappa shape index (κ1) is 22.2. The highest BCUT2D eigenvalue weighted by atomic mass is 19.1. The number of ether oxygens (including phenoxy) is 1. The molecule has 181 valence electrons. The number of aromatic nitrogens is 2. The summed E-state index contributed by atoms with van der Waals surface area (Å²) >= 11 is 0. The van der Waals surface area contributed by atoms with Gasteiger partial charge in [0.2, 0.25) is 6.67 Å². The van der Waals surface area contributed by atoms with Gasteiger partial charge in [0.25, 0.3) is 5.84 Å². The van der Waals surface area contributed by atoms with E-state index in [1.54, 1.807) is 6.33 Å². The molecule has 9 heteroatoms. The van der Waals surface area contributed by atoms with Crippen molar-refractivity contribution in [1.82, 2.24) is 14.9 Å². The maximum atomic E-state index is 13.4. The van der Waals surface area contributed by atoms with Gasteiger partial charge in [-0.15, -0.1) is 0 Å². The monoisotopic (exact) mass is 483 g/mol. The van der Waals surface area contributed by atoms with Gasteiger partial charge in [-0.1, -0.05) is 17.0 Å². The van der Waals surface area contributed by atoms with Crippen molar-refractivity contribution >= 4 is 17.3 Å². The minimum absolute atomic E-state index is 0.242. The van der Waals surface area contributed by atoms with Crippen LogP contribution in [-0.2, 0) is 13.0 Å². The van der Waals surface area contributed by atoms with Gasteiger partial charge >= 0.3 is 0 Å². The summed E-state index contributed by atoms with van der Waals surface area (Å²) in [7, 11) is 0. The van der Waals surface area contributed by atoms with Crippen LogP contribution in [0.5, 0.6) is 5.75 Å². The summed E-state index contributed by atoms with van der Waals surface area (Å²) in [6, 6.07) is 12.9. The smallest absolute Gasteiger partial charge is 0.286 e. The molecule has 0 bridgehead atoms. The van der Waals surface area contributed by atoms with Crippen molar-refractivity contribution in [3.05, 3.63) is 101 Å². The molecule has 3 aliphatic heterocycles. The molecule has 4 heterocycles. The van der Waals surface area contributed by atoms with Gasteiger partial charge in [-0.2, -0.15) is 4.99 Å². The molecular weight excluding hydrogens is 457 g/mol. The zero-order chi connectivity index (χ0) is 24.6. The van der Waals surface area contributed by atoms with E-state index in [9.17, 15) is 4.39 Å². The normalized spacial score (nSPS) is 17.2. The number of nitrogens with zero attached hydrogens (tertiary/aromatic N) is 6. The average molecular weight is 484 g/mol. The third kappa shape index (κ3) is 4.29. The van der Waals surface area contributed by atoms with Gasteiger partial charge in [0.05, 0.1) is 6.54 Å². The maximum Gasteiger partial charge on any atom is 0.286 e. The molecule has 6 rings (SSSR count). The van der Waals surface area contributed by atoms with Crippen LogP contribution in [0.25, 0.3) is 0 Å². The SMILES string of the molecule is Cc1ncnc(N2CCOc3ccc(N4C=CC5=NC(N)=C[N+]5C4)cc3C2)c1Cc1ccc(F)cc1. The number of rotatable bonds is 4. The summed E-state index contributed by atoms with van der Waals surface area (Å²) < 4.78 is 19.5. The van der Waals surface area contributed by atoms with Crippen molar-refractivity contribution < 1.29 is 9.13 Å². The number of hydrogen-bond donors (Lipinski definition) is 1. The van der Waals surface area contributed by atoms with Crippen LogP contribution in [0.2, 0.25) is 0 Å². The first-order valence-electron chi connectivity index (χ1n) is 11.9. The first-order valence-corrected chi connectivity index (χ1v) is 11.9. The Morgan fingerprint density at radius 1 is 1.14 bits per heavy atom. The predicted molar refractivity (Wildman–Crippen MR) is 137 cm³/mol. The lowest BCUT2D eigenvalue weighted by atomic mass is 10.0. The summed E-state index contributed by atoms with van der Waals surface area (Å²) in [5, 5.41) is 0. The largest absolute Gasteiger partial charge is 0.491 e. The Bertz CT molecular complexity index is 1400. The van der Waals surface area contributed by atoms with Crippen molar-refractivity contribution in [3.8, 4) is 5.75 Å². The summed E-state index contributed by atoms with van der Waals surface area (Å²) in [6.07, 6.45) is 8.06. The van der Waals surface area contributed by atoms with Crippen LogP contribution in [0, 0.1) is 12.7 Å². The quantitative estimate of drug-likeness (QED) is 0.572. The predicted octanol–water partition coefficient (Wildman–Crippen LogP) is 3.51. The molecule has 1 radical (unpaired) electrons. The molecule has 0 saturated carbocycles. The van der Waals surface area contributed by atoms with Crippen molar-refractivity contribution in [3.63, 3.8) is 0 Å². The van der Waals surface area contributed by atoms with Gasteiger partial charge in [0, 0.05) is 47.7 Å². The summed E-state index contributed by atoms with van der Waals surface area (Å²) in [6.45, 7) is 4.51. The van der Waals surface area contributed by atoms with Gasteiger partial charge in [-0.3, -0.25) is 4.90 Å². The second-order valence-corrected chi connectivity index (χ2v) is 9.05. The van der Waals surface area contributed by atoms with E-state index in [0.717, 1.165) is 45.5 Å². The molecule has 2 N–H and O–H groups in total. The Morgan fingerprint density at radius 2 is 2.00 bits per heavy atom. The van der Waals surface area contributed by atoms with E-state index in [1.807, 2.05) is 48.5 Å². The molecule has 0 fully saturated rings. The molecule has 0 amide bonds. The zero-order valence-corrected chi connectivity index (χ0v) is 19.9. The van der Waals surface area contributed by atoms with Gasteiger partial charge in [-0.05, 0) is 42.8 Å². The van der Waals surface area contributed by atoms with Gasteiger partial charge < -0.3 is 15.4 Å². The van der Waals surface area contributed by atoms with E-state index in [2.05, 4.69) is 36.9 Å². The Kier molecular flexibility index (Phi) is 5.61. The molecule has 0 spiro atoms. The lowest BCUT2D eigenvalue weighted by Crippen LogP contribution is -2.41. The van der Waals surface area contributed by atoms with E-state index in [4.69, 9.17) is 10.5 Å². The number of nitrogens with two attached hydrogens (primary N) is 1. The molecule has 3 aromatic rings. The highest BCUT2D eigenvalue weighted by Crippen LogP contribution is 2.32. The van der Waals surface area contributed by atoms with Crippen LogP contribution < -0.4 is 25.2 Å². The van der Waals surface area contributed by atoms with E-state index < -0.39 is 0 Å². The molecule has 36 heavy (non-hydrogen) atoms. The number of halogens is 1. The topological polar surface area (TPSA) is 85.8 Å². The third-order valence-electron chi connectivity index (χ3n) is 6.62. The highest BCUT2D eigenvalue weighted by molar-refractivity contribution is 5.99. The Hall–Kier alpha value is -4.24. The number of amidine groups is 1. The Balaban J connectivity index is 1.29. The number of fused-ring (bicyclic) bond motifs is 2. The van der Waals surface area contributed by atoms with Crippen molar-refractivity contribution in [2.45, 2.75) is 19.9 Å². The minimum Gasteiger partial charge on any atom is -0.491 e. The maximum absolute atomic E-state index is 13.4. The van der Waals surface area contributed by atoms with E-state index >= 15 is 0 Å². The standard InChI is InChI=1S/C27H26FN7O/c1-18-23(12-19-2-4-21(28)5-3-19)27(31-16-30-18)33-10-11-36-24-7-6-22(13-20(24)14-33)34-9-8-26-32-25(29)15-35(26)17-34/h2-9,13,15-16H,10-12,14,17,29H2,1H3/q+1. The fraction of sp³-hybridized carbons (Fsp3) is 0.222. The lowest BCUT2D eigenvalue weighted by Gasteiger charge is -2.25. The fourth-order valence-corrected chi connectivity index (χ4v) is 4.75. The molecule has 0 saturated heterocycles. The van der Waals surface area contributed by atoms with Gasteiger partial charge in [-0.25, -0.2) is 14.4 Å². The van der Waals surface area contributed by atoms with Gasteiger partial charge in [0.15, 0.2) is 12.0 Å². The van der Waals surface area contributed by atoms with Crippen molar-refractivity contribution in [2.24, 2.45) is 10.7 Å². The first-order chi connectivity index (χ1) is 17.5. The van der Waals surface area contributed by atoms with Crippen molar-refractivity contribution in [2.75, 3.05) is 29.6 Å². The van der Waals surface area contributed by atoms with Gasteiger partial charge in [0.1, 0.15) is 30.3 Å². The summed E-state index contributed by atoms with van der Waals surface area (Å²) in [5.74, 6) is 2.87. The van der Waals surface area contributed by atoms with E-state index in [-0.39, 0.29) is 5.82 Å². The minimum atomic E-state index is -0.242. The van der Waals surface area contributed by atoms with Crippen LogP contribution in [0.15, 0.2) is 78.1 Å². The van der Waals surface area contributed by atoms with Crippen molar-refractivity contribution in [1.29, 1.82) is 0 Å². The Morgan fingerprint density at radius 3 is 2.86 bits per heavy atom. The van der Waals surface area contributed by atoms with Crippen LogP contribution in [0.1, 0.15) is 22.4 Å². The molecule has 0 atom stereocenters. The number of aliphatic imine (C=N–C) groups is 1. The van der Waals surface area contributed by atoms with Crippen LogP contribution in [-0.4, -0.2) is 35.6 Å². The Labute approximate surface area is 208 Å². The number of anilines is 2. The molecule has 8 nitrogen and oxygen atoms in total. The van der Waals surface area contributed by atoms with Crippen LogP contribution in [0.4, 0.5) is 15.9 Å². The molecular formula is C27H26FN7O+. The second kappa shape index (κ2) is 9.09. The van der Waals surface area contributed by atoms with Crippen LogP contribution >= 0.6 is 0 Å². The lowest BCUT2D eigenvalue weighted by molar-refractivity contribution is 0.331. The summed E-state index contributed by atoms with van der Waals surface area (Å²) in [4.78, 5) is 19.8. The van der Waals surface area contributed by atoms with E-state index in [0.29, 0.717) is 38.6 Å². The molecule has 0 aliphatic carbocycles.